The summed E-state index contributed by atoms with van der Waals surface area (Å²) in [5, 5.41) is 0.872. The van der Waals surface area contributed by atoms with E-state index in [0.29, 0.717) is 5.58 Å². The van der Waals surface area contributed by atoms with Gasteiger partial charge in [0.25, 0.3) is 5.91 Å². The Kier molecular flexibility index (Phi) is 4.82. The minimum Gasteiger partial charge on any atom is -0.451 e. The van der Waals surface area contributed by atoms with Crippen molar-refractivity contribution in [2.24, 2.45) is 0 Å². The minimum absolute atomic E-state index is 0.183. The molecule has 1 aromatic carbocycles. The normalized spacial score (nSPS) is 11.1. The second-order valence-corrected chi connectivity index (χ2v) is 7.47. The van der Waals surface area contributed by atoms with Crippen molar-refractivity contribution < 1.29 is 14.0 Å². The third kappa shape index (κ3) is 3.58. The molecule has 0 aliphatic carbocycles. The van der Waals surface area contributed by atoms with Gasteiger partial charge >= 0.3 is 5.91 Å². The van der Waals surface area contributed by atoms with Gasteiger partial charge in [-0.1, -0.05) is 18.2 Å². The number of benzene rings is 1. The number of thiophene rings is 1. The number of furan rings is 1. The summed E-state index contributed by atoms with van der Waals surface area (Å²) in [7, 11) is 0. The van der Waals surface area contributed by atoms with Crippen LogP contribution < -0.4 is 10.9 Å². The maximum Gasteiger partial charge on any atom is 0.305 e. The molecule has 122 valence electrons. The van der Waals surface area contributed by atoms with Gasteiger partial charge in [0.15, 0.2) is 5.76 Å². The summed E-state index contributed by atoms with van der Waals surface area (Å²) in [6.45, 7) is 1.80. The zero-order valence-electron chi connectivity index (χ0n) is 12.6. The summed E-state index contributed by atoms with van der Waals surface area (Å²) in [5.74, 6) is -0.742. The lowest BCUT2D eigenvalue weighted by molar-refractivity contribution is -0.117. The molecular weight excluding hydrogens is 392 g/mol. The fourth-order valence-electron chi connectivity index (χ4n) is 2.18. The van der Waals surface area contributed by atoms with E-state index in [2.05, 4.69) is 26.8 Å². The summed E-state index contributed by atoms with van der Waals surface area (Å²) < 4.78 is 6.52. The van der Waals surface area contributed by atoms with Crippen LogP contribution in [0.5, 0.6) is 0 Å². The molecule has 2 amide bonds. The van der Waals surface area contributed by atoms with Gasteiger partial charge in [-0.3, -0.25) is 20.4 Å². The molecular formula is C17H13BrN2O3S. The Labute approximate surface area is 150 Å². The van der Waals surface area contributed by atoms with Crippen LogP contribution in [0.15, 0.2) is 50.7 Å². The number of para-hydroxylation sites is 1. The highest BCUT2D eigenvalue weighted by Gasteiger charge is 2.17. The molecule has 2 aromatic heterocycles. The van der Waals surface area contributed by atoms with E-state index in [1.807, 2.05) is 30.3 Å². The van der Waals surface area contributed by atoms with Crippen molar-refractivity contribution in [3.63, 3.8) is 0 Å². The number of hydrogen-bond acceptors (Lipinski definition) is 4. The third-order valence-corrected chi connectivity index (χ3v) is 4.93. The highest BCUT2D eigenvalue weighted by atomic mass is 79.9. The van der Waals surface area contributed by atoms with Crippen LogP contribution in [0.2, 0.25) is 0 Å². The van der Waals surface area contributed by atoms with Crippen molar-refractivity contribution in [2.75, 3.05) is 0 Å². The Morgan fingerprint density at radius 3 is 2.67 bits per heavy atom. The minimum atomic E-state index is -0.496. The van der Waals surface area contributed by atoms with E-state index in [1.54, 1.807) is 19.1 Å². The summed E-state index contributed by atoms with van der Waals surface area (Å²) in [6.07, 6.45) is 3.02. The molecule has 7 heteroatoms. The molecule has 2 N–H and O–H groups in total. The molecule has 2 heterocycles. The maximum absolute atomic E-state index is 12.2. The van der Waals surface area contributed by atoms with Crippen LogP contribution in [0.1, 0.15) is 21.0 Å². The van der Waals surface area contributed by atoms with E-state index < -0.39 is 11.8 Å². The lowest BCUT2D eigenvalue weighted by atomic mass is 10.1. The van der Waals surface area contributed by atoms with Gasteiger partial charge in [0.05, 0.1) is 3.79 Å². The molecule has 0 radical (unpaired) electrons. The molecule has 0 unspecified atom stereocenters. The Bertz CT molecular complexity index is 942. The average Bonchev–Trinajstić information content (AvgIpc) is 3.15. The van der Waals surface area contributed by atoms with Gasteiger partial charge in [0, 0.05) is 21.9 Å². The fourth-order valence-corrected chi connectivity index (χ4v) is 3.51. The molecule has 3 rings (SSSR count). The van der Waals surface area contributed by atoms with Gasteiger partial charge in [-0.05, 0) is 47.1 Å². The molecule has 0 saturated heterocycles. The summed E-state index contributed by atoms with van der Waals surface area (Å²) in [4.78, 5) is 24.9. The number of rotatable bonds is 3. The zero-order chi connectivity index (χ0) is 17.1. The number of hydrogen-bond donors (Lipinski definition) is 2. The van der Waals surface area contributed by atoms with Crippen molar-refractivity contribution in [1.82, 2.24) is 10.9 Å². The van der Waals surface area contributed by atoms with Crippen LogP contribution in [0.3, 0.4) is 0 Å². The number of carbonyl (C=O) groups excluding carboxylic acids is 2. The van der Waals surface area contributed by atoms with Gasteiger partial charge in [0.2, 0.25) is 0 Å². The molecule has 0 bridgehead atoms. The zero-order valence-corrected chi connectivity index (χ0v) is 15.0. The third-order valence-electron chi connectivity index (χ3n) is 3.34. The van der Waals surface area contributed by atoms with Crippen molar-refractivity contribution in [3.05, 3.63) is 62.5 Å². The van der Waals surface area contributed by atoms with Gasteiger partial charge in [-0.2, -0.15) is 0 Å². The molecule has 24 heavy (non-hydrogen) atoms. The molecule has 3 aromatic rings. The first-order valence-corrected chi connectivity index (χ1v) is 8.67. The largest absolute Gasteiger partial charge is 0.451 e. The lowest BCUT2D eigenvalue weighted by Crippen LogP contribution is -2.40. The second kappa shape index (κ2) is 7.02. The Hall–Kier alpha value is -2.38. The SMILES string of the molecule is Cc1c(C(=O)NNC(=O)/C=C/c2ccc(Br)s2)oc2ccccc12. The summed E-state index contributed by atoms with van der Waals surface area (Å²) in [6, 6.07) is 11.2. The number of halogens is 1. The Balaban J connectivity index is 1.63. The van der Waals surface area contributed by atoms with E-state index in [9.17, 15) is 9.59 Å². The number of amides is 2. The molecule has 0 fully saturated rings. The molecule has 0 aliphatic rings. The first-order chi connectivity index (χ1) is 11.5. The second-order valence-electron chi connectivity index (χ2n) is 4.97. The quantitative estimate of drug-likeness (QED) is 0.511. The van der Waals surface area contributed by atoms with E-state index in [1.165, 1.54) is 17.4 Å². The molecule has 0 atom stereocenters. The number of carbonyl (C=O) groups is 2. The fraction of sp³-hybridized carbons (Fsp3) is 0.0588. The van der Waals surface area contributed by atoms with Crippen LogP contribution >= 0.6 is 27.3 Å². The molecule has 0 saturated carbocycles. The predicted octanol–water partition coefficient (Wildman–Crippen LogP) is 4.04. The van der Waals surface area contributed by atoms with Crippen LogP contribution in [0.4, 0.5) is 0 Å². The molecule has 5 nitrogen and oxygen atoms in total. The summed E-state index contributed by atoms with van der Waals surface area (Å²) in [5.41, 5.74) is 6.06. The van der Waals surface area contributed by atoms with Crippen molar-refractivity contribution in [1.29, 1.82) is 0 Å². The van der Waals surface area contributed by atoms with Crippen LogP contribution in [-0.2, 0) is 4.79 Å². The number of aryl methyl sites for hydroxylation is 1. The molecule has 0 spiro atoms. The highest BCUT2D eigenvalue weighted by molar-refractivity contribution is 9.11. The van der Waals surface area contributed by atoms with Crippen molar-refractivity contribution in [3.8, 4) is 0 Å². The Morgan fingerprint density at radius 1 is 1.17 bits per heavy atom. The van der Waals surface area contributed by atoms with Crippen LogP contribution in [-0.4, -0.2) is 11.8 Å². The van der Waals surface area contributed by atoms with Gasteiger partial charge in [-0.25, -0.2) is 0 Å². The van der Waals surface area contributed by atoms with Gasteiger partial charge in [-0.15, -0.1) is 11.3 Å². The maximum atomic E-state index is 12.2. The number of fused-ring (bicyclic) bond motifs is 1. The van der Waals surface area contributed by atoms with E-state index in [4.69, 9.17) is 4.42 Å². The number of hydrazine groups is 1. The standard InChI is InChI=1S/C17H13BrN2O3S/c1-10-12-4-2-3-5-13(12)23-16(10)17(22)20-19-15(21)9-7-11-6-8-14(18)24-11/h2-9H,1H3,(H,19,21)(H,20,22)/b9-7+. The van der Waals surface area contributed by atoms with Crippen LogP contribution in [0, 0.1) is 6.92 Å². The first-order valence-electron chi connectivity index (χ1n) is 7.06. The van der Waals surface area contributed by atoms with Gasteiger partial charge < -0.3 is 4.42 Å². The monoisotopic (exact) mass is 404 g/mol. The topological polar surface area (TPSA) is 71.3 Å². The predicted molar refractivity (Wildman–Crippen MR) is 97.6 cm³/mol. The smallest absolute Gasteiger partial charge is 0.305 e. The number of nitrogens with one attached hydrogen (secondary N) is 2. The van der Waals surface area contributed by atoms with Gasteiger partial charge in [0.1, 0.15) is 5.58 Å². The first kappa shape index (κ1) is 16.5. The van der Waals surface area contributed by atoms with Crippen molar-refractivity contribution >= 4 is 56.1 Å². The summed E-state index contributed by atoms with van der Waals surface area (Å²) >= 11 is 4.86. The van der Waals surface area contributed by atoms with Crippen LogP contribution in [0.25, 0.3) is 17.0 Å². The van der Waals surface area contributed by atoms with E-state index in [-0.39, 0.29) is 5.76 Å². The lowest BCUT2D eigenvalue weighted by Gasteiger charge is -2.03. The van der Waals surface area contributed by atoms with E-state index in [0.717, 1.165) is 19.6 Å². The van der Waals surface area contributed by atoms with E-state index >= 15 is 0 Å². The molecule has 0 aliphatic heterocycles. The van der Waals surface area contributed by atoms with Crippen molar-refractivity contribution in [2.45, 2.75) is 6.92 Å². The average molecular weight is 405 g/mol. The highest BCUT2D eigenvalue weighted by Crippen LogP contribution is 2.24. The Morgan fingerprint density at radius 2 is 1.96 bits per heavy atom.